The van der Waals surface area contributed by atoms with Crippen molar-refractivity contribution in [2.75, 3.05) is 40.4 Å². The predicted molar refractivity (Wildman–Crippen MR) is 300 cm³/mol. The van der Waals surface area contributed by atoms with E-state index in [0.29, 0.717) is 24.4 Å². The maximum Gasteiger partial charge on any atom is 0.394 e. The molecule has 4 heterocycles. The van der Waals surface area contributed by atoms with Gasteiger partial charge in [-0.25, -0.2) is 0 Å². The first-order chi connectivity index (χ1) is 39.9. The van der Waals surface area contributed by atoms with Gasteiger partial charge in [-0.3, -0.25) is 45.5 Å². The van der Waals surface area contributed by atoms with Crippen molar-refractivity contribution in [1.29, 1.82) is 0 Å². The fourth-order valence-corrected chi connectivity index (χ4v) is 9.29. The smallest absolute Gasteiger partial charge is 0.394 e. The van der Waals surface area contributed by atoms with Crippen LogP contribution >= 0.6 is 0 Å². The Kier molecular flexibility index (Phi) is 34.4. The summed E-state index contributed by atoms with van der Waals surface area (Å²) in [6.45, 7) is 6.40. The van der Waals surface area contributed by atoms with Crippen molar-refractivity contribution in [3.8, 4) is 0 Å². The molecule has 2 saturated carbocycles. The molecule has 4 aliphatic heterocycles. The zero-order valence-corrected chi connectivity index (χ0v) is 52.5. The largest absolute Gasteiger partial charge is 0.467 e. The van der Waals surface area contributed by atoms with Crippen LogP contribution in [0.25, 0.3) is 0 Å². The minimum Gasteiger partial charge on any atom is -0.467 e. The summed E-state index contributed by atoms with van der Waals surface area (Å²) in [7, 11) is -20.1. The van der Waals surface area contributed by atoms with Gasteiger partial charge in [-0.05, 0) is 79.6 Å². The molecular formula is C40H88N10O34S5. The zero-order chi connectivity index (χ0) is 70.2. The Labute approximate surface area is 512 Å². The number of ether oxygens (including phenoxy) is 8. The summed E-state index contributed by atoms with van der Waals surface area (Å²) < 4.78 is 205. The molecule has 89 heavy (non-hydrogen) atoms. The van der Waals surface area contributed by atoms with Gasteiger partial charge in [0, 0.05) is 24.2 Å². The van der Waals surface area contributed by atoms with E-state index in [4.69, 9.17) is 171 Å². The summed E-state index contributed by atoms with van der Waals surface area (Å²) in [6.07, 6.45) is -5.19. The number of aliphatic hydroxyl groups excluding tert-OH is 4. The average Bonchev–Trinajstić information content (AvgIpc) is 0.828. The third-order valence-electron chi connectivity index (χ3n) is 13.3. The van der Waals surface area contributed by atoms with E-state index in [1.807, 2.05) is 0 Å². The van der Waals surface area contributed by atoms with Crippen LogP contribution in [-0.4, -0.2) is 291 Å². The molecule has 49 heteroatoms. The lowest BCUT2D eigenvalue weighted by molar-refractivity contribution is -0.356. The summed E-state index contributed by atoms with van der Waals surface area (Å²) in [6, 6.07) is -4.88. The molecule has 6 rings (SSSR count). The van der Waals surface area contributed by atoms with Gasteiger partial charge in [0.15, 0.2) is 11.6 Å². The first-order valence-corrected chi connectivity index (χ1v) is 32.5. The quantitative estimate of drug-likeness (QED) is 0.0807. The minimum absolute atomic E-state index is 0.0947. The Morgan fingerprint density at radius 2 is 0.708 bits per heavy atom. The Bertz CT molecular complexity index is 2490. The number of likely N-dealkylation sites (N-methyl/N-ethyl adjacent to an activating group) is 2. The van der Waals surface area contributed by atoms with Crippen LogP contribution in [0.2, 0.25) is 0 Å². The van der Waals surface area contributed by atoms with E-state index < -0.39 is 185 Å². The summed E-state index contributed by atoms with van der Waals surface area (Å²) in [4.78, 5) is 0. The zero-order valence-electron chi connectivity index (χ0n) is 48.4. The van der Waals surface area contributed by atoms with E-state index in [0.717, 1.165) is 0 Å². The second-order valence-electron chi connectivity index (χ2n) is 21.0. The summed E-state index contributed by atoms with van der Waals surface area (Å²) in [5, 5.41) is 70.9. The van der Waals surface area contributed by atoms with Gasteiger partial charge in [0.05, 0.1) is 50.5 Å². The summed E-state index contributed by atoms with van der Waals surface area (Å²) in [5.74, 6) is -1.98. The van der Waals surface area contributed by atoms with Crippen molar-refractivity contribution in [3.05, 3.63) is 23.7 Å². The standard InChI is InChI=1S/2C20H39N5O7.5H2O4S/c2*1-19(28)8-29-20(2,17(27)16(19)25-3)32-15-12(24)6-11(23)14(13(15)26)31-18-10(22)5-4-9(7-21)30-18;5*1-5(2,3)4/h2*4,10-18,25-28H,5-8,21-24H2,1-3H3;5*(H2,1,2,3,4)/t2*10-,11+,12-,13+,14-,15+,16-,17-,18-,19+,20-;;;;;/m11...../s1. The molecule has 0 aromatic rings. The highest BCUT2D eigenvalue weighted by molar-refractivity contribution is 7.80. The van der Waals surface area contributed by atoms with Gasteiger partial charge in [0.2, 0.25) is 12.6 Å². The molecule has 0 bridgehead atoms. The van der Waals surface area contributed by atoms with Gasteiger partial charge in [-0.1, -0.05) is 0 Å². The maximum absolute atomic E-state index is 11.1. The van der Waals surface area contributed by atoms with E-state index in [-0.39, 0.29) is 39.1 Å². The summed E-state index contributed by atoms with van der Waals surface area (Å²) in [5.41, 5.74) is 45.9. The van der Waals surface area contributed by atoms with Gasteiger partial charge >= 0.3 is 52.0 Å². The topological polar surface area (TPSA) is 800 Å². The van der Waals surface area contributed by atoms with Crippen molar-refractivity contribution < 1.29 is 156 Å². The van der Waals surface area contributed by atoms with E-state index in [1.54, 1.807) is 53.9 Å². The van der Waals surface area contributed by atoms with Crippen LogP contribution < -0.4 is 56.5 Å². The highest BCUT2D eigenvalue weighted by Crippen LogP contribution is 2.38. The van der Waals surface area contributed by atoms with Crippen LogP contribution in [-0.2, 0) is 89.9 Å². The third kappa shape index (κ3) is 32.5. The molecule has 2 saturated heterocycles. The molecule has 6 aliphatic rings. The van der Waals surface area contributed by atoms with E-state index in [2.05, 4.69) is 10.6 Å². The van der Waals surface area contributed by atoms with Gasteiger partial charge in [-0.15, -0.1) is 0 Å². The molecule has 0 aromatic heterocycles. The Morgan fingerprint density at radius 1 is 0.472 bits per heavy atom. The van der Waals surface area contributed by atoms with E-state index in [9.17, 15) is 30.6 Å². The molecule has 0 radical (unpaired) electrons. The SMILES string of the molecule is CN[C@@H]1[C@@H](O)[C@@](C)(O[C@@H]2[C@@H](O)[C@H](O[C@H]3OC(CN)=CC[C@H]3N)[C@@H](N)C[C@H]2N)OC[C@]1(C)O.CN[C@@H]1[C@@H](O)[C@@](C)(O[C@@H]2[C@@H](O)[C@H](O[C@H]3OC(CN)=CC[C@H]3N)[C@@H](N)C[C@H]2N)OC[C@]1(C)O.O=S(=O)(O)O.O=S(=O)(O)O.O=S(=O)(O)O.O=S(=O)(O)O.O=S(=O)(O)O. The van der Waals surface area contributed by atoms with E-state index in [1.165, 1.54) is 0 Å². The molecular weight excluding hydrogens is 1320 g/mol. The predicted octanol–water partition coefficient (Wildman–Crippen LogP) is -10.2. The van der Waals surface area contributed by atoms with E-state index >= 15 is 0 Å². The molecule has 4 fully saturated rings. The Hall–Kier alpha value is -2.45. The molecule has 0 unspecified atom stereocenters. The lowest BCUT2D eigenvalue weighted by Gasteiger charge is -2.52. The molecule has 2 aliphatic carbocycles. The first kappa shape index (κ1) is 86.5. The van der Waals surface area contributed by atoms with Crippen LogP contribution in [0.3, 0.4) is 0 Å². The van der Waals surface area contributed by atoms with Gasteiger partial charge in [-0.2, -0.15) is 42.1 Å². The van der Waals surface area contributed by atoms with Crippen LogP contribution in [0, 0.1) is 0 Å². The minimum atomic E-state index is -4.67. The highest BCUT2D eigenvalue weighted by Gasteiger charge is 2.58. The summed E-state index contributed by atoms with van der Waals surface area (Å²) >= 11 is 0. The lowest BCUT2D eigenvalue weighted by atomic mass is 9.83. The molecule has 532 valence electrons. The molecule has 44 nitrogen and oxygen atoms in total. The Balaban J connectivity index is 0.00000126. The number of hydrogen-bond acceptors (Lipinski definition) is 34. The second kappa shape index (κ2) is 35.3. The number of rotatable bonds is 12. The highest BCUT2D eigenvalue weighted by atomic mass is 32.3. The third-order valence-corrected chi connectivity index (χ3v) is 13.3. The maximum atomic E-state index is 11.1. The lowest BCUT2D eigenvalue weighted by Crippen LogP contribution is -2.72. The number of nitrogens with two attached hydrogens (primary N) is 8. The van der Waals surface area contributed by atoms with Crippen molar-refractivity contribution in [3.63, 3.8) is 0 Å². The van der Waals surface area contributed by atoms with Crippen LogP contribution in [0.5, 0.6) is 0 Å². The molecule has 22 atom stereocenters. The monoisotopic (exact) mass is 1410 g/mol. The van der Waals surface area contributed by atoms with Gasteiger partial charge < -0.3 is 125 Å². The molecule has 0 amide bonds. The van der Waals surface area contributed by atoms with Crippen LogP contribution in [0.4, 0.5) is 0 Å². The van der Waals surface area contributed by atoms with Crippen LogP contribution in [0.15, 0.2) is 23.7 Å². The normalized spacial score (nSPS) is 39.2. The van der Waals surface area contributed by atoms with Crippen LogP contribution in [0.1, 0.15) is 53.4 Å². The number of aliphatic hydroxyl groups is 6. The second-order valence-corrected chi connectivity index (χ2v) is 25.5. The van der Waals surface area contributed by atoms with Gasteiger partial charge in [0.1, 0.15) is 71.6 Å². The first-order valence-electron chi connectivity index (χ1n) is 25.5. The van der Waals surface area contributed by atoms with Crippen molar-refractivity contribution in [1.82, 2.24) is 10.6 Å². The number of hydrogen-bond donors (Lipinski definition) is 26. The number of nitrogens with one attached hydrogen (secondary N) is 2. The van der Waals surface area contributed by atoms with Gasteiger partial charge in [0.25, 0.3) is 0 Å². The Morgan fingerprint density at radius 3 is 0.933 bits per heavy atom. The molecule has 0 aromatic carbocycles. The fraction of sp³-hybridized carbons (Fsp3) is 0.900. The van der Waals surface area contributed by atoms with Crippen molar-refractivity contribution in [2.24, 2.45) is 45.9 Å². The molecule has 0 spiro atoms. The average molecular weight is 1410 g/mol. The molecule has 34 N–H and O–H groups in total. The van der Waals surface area contributed by atoms with Crippen molar-refractivity contribution in [2.45, 2.75) is 186 Å². The van der Waals surface area contributed by atoms with Crippen molar-refractivity contribution >= 4 is 52.0 Å². The fourth-order valence-electron chi connectivity index (χ4n) is 9.29.